The van der Waals surface area contributed by atoms with E-state index in [1.807, 2.05) is 12.1 Å². The number of hydrogen-bond donors (Lipinski definition) is 0. The smallest absolute Gasteiger partial charge is 0.119 e. The lowest BCUT2D eigenvalue weighted by molar-refractivity contribution is 0.0616. The molecule has 2 aromatic rings. The van der Waals surface area contributed by atoms with Crippen LogP contribution in [0.3, 0.4) is 0 Å². The van der Waals surface area contributed by atoms with Crippen molar-refractivity contribution in [2.75, 3.05) is 40.1 Å². The van der Waals surface area contributed by atoms with Gasteiger partial charge in [0.25, 0.3) is 0 Å². The van der Waals surface area contributed by atoms with Gasteiger partial charge in [-0.1, -0.05) is 48.4 Å². The van der Waals surface area contributed by atoms with E-state index in [9.17, 15) is 0 Å². The average molecular weight is 401 g/mol. The predicted molar refractivity (Wildman–Crippen MR) is 118 cm³/mol. The van der Waals surface area contributed by atoms with E-state index in [1.165, 1.54) is 29.5 Å². The van der Waals surface area contributed by atoms with E-state index < -0.39 is 0 Å². The maximum absolute atomic E-state index is 5.78. The third-order valence-electron chi connectivity index (χ3n) is 4.73. The maximum Gasteiger partial charge on any atom is 0.119 e. The van der Waals surface area contributed by atoms with Gasteiger partial charge in [0.05, 0.1) is 33.0 Å². The molecule has 29 heavy (non-hydrogen) atoms. The highest BCUT2D eigenvalue weighted by Gasteiger charge is 1.98. The summed E-state index contributed by atoms with van der Waals surface area (Å²) in [5, 5.41) is 0. The molecule has 0 heterocycles. The molecule has 0 spiro atoms. The number of unbranched alkanes of at least 4 members (excludes halogenated alkanes) is 3. The summed E-state index contributed by atoms with van der Waals surface area (Å²) in [7, 11) is 1.68. The van der Waals surface area contributed by atoms with Gasteiger partial charge in [0.1, 0.15) is 5.75 Å². The van der Waals surface area contributed by atoms with Crippen LogP contribution in [0.2, 0.25) is 0 Å². The second kappa shape index (κ2) is 15.0. The van der Waals surface area contributed by atoms with Crippen LogP contribution >= 0.6 is 0 Å². The first-order valence-corrected chi connectivity index (χ1v) is 10.7. The lowest BCUT2D eigenvalue weighted by Crippen LogP contribution is -2.03. The third-order valence-corrected chi connectivity index (χ3v) is 4.73. The van der Waals surface area contributed by atoms with Crippen molar-refractivity contribution in [3.05, 3.63) is 65.2 Å². The first-order chi connectivity index (χ1) is 14.3. The Morgan fingerprint density at radius 3 is 2.03 bits per heavy atom. The summed E-state index contributed by atoms with van der Waals surface area (Å²) in [6, 6.07) is 16.8. The van der Waals surface area contributed by atoms with Gasteiger partial charge in [-0.25, -0.2) is 0 Å². The molecule has 2 rings (SSSR count). The van der Waals surface area contributed by atoms with E-state index in [1.54, 1.807) is 7.11 Å². The van der Waals surface area contributed by atoms with E-state index in [0.717, 1.165) is 44.8 Å². The molecule has 0 radical (unpaired) electrons. The molecular weight excluding hydrogens is 364 g/mol. The van der Waals surface area contributed by atoms with Crippen LogP contribution in [0.5, 0.6) is 5.75 Å². The highest BCUT2D eigenvalue weighted by Crippen LogP contribution is 2.12. The molecular formula is C25H36O4. The molecule has 0 saturated carbocycles. The lowest BCUT2D eigenvalue weighted by atomic mass is 10.1. The van der Waals surface area contributed by atoms with Gasteiger partial charge in [-0.05, 0) is 55.9 Å². The van der Waals surface area contributed by atoms with Crippen LogP contribution in [0, 0.1) is 6.92 Å². The molecule has 4 heteroatoms. The molecule has 2 aromatic carbocycles. The summed E-state index contributed by atoms with van der Waals surface area (Å²) in [4.78, 5) is 0. The van der Waals surface area contributed by atoms with Crippen LogP contribution in [-0.2, 0) is 27.2 Å². The van der Waals surface area contributed by atoms with E-state index in [-0.39, 0.29) is 0 Å². The van der Waals surface area contributed by atoms with Crippen LogP contribution in [0.4, 0.5) is 0 Å². The quantitative estimate of drug-likeness (QED) is 0.356. The Morgan fingerprint density at radius 1 is 0.621 bits per heavy atom. The molecule has 4 nitrogen and oxygen atoms in total. The minimum Gasteiger partial charge on any atom is -0.494 e. The Bertz CT molecular complexity index is 637. The number of aryl methyl sites for hydroxylation is 1. The van der Waals surface area contributed by atoms with Crippen LogP contribution in [0.1, 0.15) is 42.4 Å². The first-order valence-electron chi connectivity index (χ1n) is 10.7. The highest BCUT2D eigenvalue weighted by molar-refractivity contribution is 5.26. The van der Waals surface area contributed by atoms with Crippen molar-refractivity contribution in [3.63, 3.8) is 0 Å². The molecule has 160 valence electrons. The fourth-order valence-electron chi connectivity index (χ4n) is 2.91. The highest BCUT2D eigenvalue weighted by atomic mass is 16.5. The summed E-state index contributed by atoms with van der Waals surface area (Å²) in [5.41, 5.74) is 3.76. The van der Waals surface area contributed by atoms with Gasteiger partial charge >= 0.3 is 0 Å². The van der Waals surface area contributed by atoms with Gasteiger partial charge in [0.2, 0.25) is 0 Å². The molecule has 0 atom stereocenters. The van der Waals surface area contributed by atoms with Crippen molar-refractivity contribution in [1.82, 2.24) is 0 Å². The third kappa shape index (κ3) is 11.0. The molecule has 0 aliphatic carbocycles. The van der Waals surface area contributed by atoms with E-state index in [4.69, 9.17) is 18.9 Å². The zero-order valence-electron chi connectivity index (χ0n) is 18.0. The van der Waals surface area contributed by atoms with Gasteiger partial charge in [0.15, 0.2) is 0 Å². The fraction of sp³-hybridized carbons (Fsp3) is 0.520. The zero-order chi connectivity index (χ0) is 20.6. The van der Waals surface area contributed by atoms with Crippen LogP contribution in [0.15, 0.2) is 48.5 Å². The van der Waals surface area contributed by atoms with Gasteiger partial charge in [-0.3, -0.25) is 0 Å². The molecule has 0 bridgehead atoms. The van der Waals surface area contributed by atoms with Gasteiger partial charge in [-0.15, -0.1) is 0 Å². The van der Waals surface area contributed by atoms with E-state index >= 15 is 0 Å². The van der Waals surface area contributed by atoms with Crippen molar-refractivity contribution < 1.29 is 18.9 Å². The van der Waals surface area contributed by atoms with Crippen molar-refractivity contribution in [2.24, 2.45) is 0 Å². The topological polar surface area (TPSA) is 36.9 Å². The monoisotopic (exact) mass is 400 g/mol. The number of methoxy groups -OCH3 is 1. The Kier molecular flexibility index (Phi) is 12.1. The fourth-order valence-corrected chi connectivity index (χ4v) is 2.91. The molecule has 0 amide bonds. The number of rotatable bonds is 16. The summed E-state index contributed by atoms with van der Waals surface area (Å²) >= 11 is 0. The summed E-state index contributed by atoms with van der Waals surface area (Å²) in [6.07, 6.45) is 5.53. The predicted octanol–water partition coefficient (Wildman–Crippen LogP) is 5.36. The standard InChI is InChI=1S/C25H36O4/c1-22-7-13-25(14-8-22)29-17-6-4-3-5-16-27-18-15-23-9-11-24(12-10-23)21-28-20-19-26-2/h7-14H,3-6,15-21H2,1-2H3. The normalized spacial score (nSPS) is 11.0. The van der Waals surface area contributed by atoms with Gasteiger partial charge in [-0.2, -0.15) is 0 Å². The Morgan fingerprint density at radius 2 is 1.31 bits per heavy atom. The minimum atomic E-state index is 0.631. The second-order valence-corrected chi connectivity index (χ2v) is 7.30. The SMILES string of the molecule is COCCOCc1ccc(CCOCCCCCCOc2ccc(C)cc2)cc1. The maximum atomic E-state index is 5.78. The lowest BCUT2D eigenvalue weighted by Gasteiger charge is -2.07. The molecule has 0 N–H and O–H groups in total. The summed E-state index contributed by atoms with van der Waals surface area (Å²) in [5.74, 6) is 0.964. The van der Waals surface area contributed by atoms with Gasteiger partial charge < -0.3 is 18.9 Å². The number of benzene rings is 2. The van der Waals surface area contributed by atoms with Crippen LogP contribution < -0.4 is 4.74 Å². The Hall–Kier alpha value is -1.88. The van der Waals surface area contributed by atoms with E-state index in [0.29, 0.717) is 19.8 Å². The minimum absolute atomic E-state index is 0.631. The van der Waals surface area contributed by atoms with Crippen molar-refractivity contribution in [3.8, 4) is 5.75 Å². The number of hydrogen-bond acceptors (Lipinski definition) is 4. The molecule has 0 fully saturated rings. The molecule has 0 aliphatic rings. The largest absolute Gasteiger partial charge is 0.494 e. The number of ether oxygens (including phenoxy) is 4. The first kappa shape index (κ1) is 23.4. The van der Waals surface area contributed by atoms with Crippen molar-refractivity contribution in [2.45, 2.75) is 45.6 Å². The van der Waals surface area contributed by atoms with Crippen molar-refractivity contribution in [1.29, 1.82) is 0 Å². The van der Waals surface area contributed by atoms with Crippen LogP contribution in [0.25, 0.3) is 0 Å². The zero-order valence-corrected chi connectivity index (χ0v) is 18.0. The molecule has 0 aromatic heterocycles. The van der Waals surface area contributed by atoms with Crippen molar-refractivity contribution >= 4 is 0 Å². The second-order valence-electron chi connectivity index (χ2n) is 7.30. The molecule has 0 saturated heterocycles. The molecule has 0 aliphatic heterocycles. The average Bonchev–Trinajstić information content (AvgIpc) is 2.75. The van der Waals surface area contributed by atoms with E-state index in [2.05, 4.69) is 43.3 Å². The van der Waals surface area contributed by atoms with Crippen LogP contribution in [-0.4, -0.2) is 40.1 Å². The summed E-state index contributed by atoms with van der Waals surface area (Å²) < 4.78 is 22.0. The summed E-state index contributed by atoms with van der Waals surface area (Å²) in [6.45, 7) is 6.39. The van der Waals surface area contributed by atoms with Gasteiger partial charge in [0, 0.05) is 13.7 Å². The Labute approximate surface area is 176 Å². The molecule has 0 unspecified atom stereocenters. The Balaban J connectivity index is 1.41.